The molecule has 0 aliphatic heterocycles. The summed E-state index contributed by atoms with van der Waals surface area (Å²) in [5.41, 5.74) is 15.5. The second-order valence-electron chi connectivity index (χ2n) is 20.8. The van der Waals surface area contributed by atoms with Gasteiger partial charge in [0.2, 0.25) is 0 Å². The maximum absolute atomic E-state index is 13.5. The maximum Gasteiger partial charge on any atom is 0.320 e. The highest BCUT2D eigenvalue weighted by atomic mass is 16.5. The molecule has 6 aliphatic rings. The van der Waals surface area contributed by atoms with Gasteiger partial charge in [-0.05, 0) is 142 Å². The predicted molar refractivity (Wildman–Crippen MR) is 215 cm³/mol. The molecule has 13 atom stereocenters. The third kappa shape index (κ3) is 6.95. The number of esters is 1. The minimum absolute atomic E-state index is 0.0129. The molecule has 6 aliphatic carbocycles. The molecular weight excluding hydrogens is 713 g/mol. The molecule has 316 valence electrons. The zero-order chi connectivity index (χ0) is 42.0. The molecule has 0 spiro atoms. The first kappa shape index (κ1) is 44.0. The van der Waals surface area contributed by atoms with Gasteiger partial charge in [-0.1, -0.05) is 60.6 Å². The van der Waals surface area contributed by atoms with Crippen LogP contribution in [-0.2, 0) is 23.9 Å². The van der Waals surface area contributed by atoms with Gasteiger partial charge in [-0.3, -0.25) is 24.2 Å². The van der Waals surface area contributed by atoms with E-state index in [0.29, 0.717) is 49.5 Å². The number of hydrogen-bond acceptors (Lipinski definition) is 7. The Labute approximate surface area is 334 Å². The summed E-state index contributed by atoms with van der Waals surface area (Å²) in [4.78, 5) is 52.0. The molecule has 0 aromatic rings. The largest absolute Gasteiger partial charge is 0.481 e. The highest BCUT2D eigenvalue weighted by molar-refractivity contribution is 5.81. The predicted octanol–water partition coefficient (Wildman–Crippen LogP) is 6.84. The van der Waals surface area contributed by atoms with E-state index >= 15 is 0 Å². The first-order valence-electron chi connectivity index (χ1n) is 21.2. The number of carbonyl (C=O) groups excluding carboxylic acids is 1. The number of carbonyl (C=O) groups is 4. The highest BCUT2D eigenvalue weighted by Crippen LogP contribution is 2.77. The lowest BCUT2D eigenvalue weighted by Gasteiger charge is -2.72. The number of nitrogens with two attached hydrogens (primary N) is 3. The fourth-order valence-corrected chi connectivity index (χ4v) is 14.3. The summed E-state index contributed by atoms with van der Waals surface area (Å²) in [6.07, 6.45) is 11.0. The minimum Gasteiger partial charge on any atom is -0.481 e. The number of carboxylic acid groups (broad SMARTS) is 3. The van der Waals surface area contributed by atoms with E-state index in [4.69, 9.17) is 27.0 Å². The van der Waals surface area contributed by atoms with Gasteiger partial charge in [-0.15, -0.1) is 0 Å². The van der Waals surface area contributed by atoms with E-state index in [1.807, 2.05) is 13.8 Å². The van der Waals surface area contributed by atoms with Crippen molar-refractivity contribution >= 4 is 29.8 Å². The molecule has 6 fully saturated rings. The summed E-state index contributed by atoms with van der Waals surface area (Å²) in [6, 6.07) is -0.820. The molecule has 0 radical (unpaired) electrons. The Morgan fingerprint density at radius 1 is 0.804 bits per heavy atom. The minimum atomic E-state index is -1.00. The molecular formula is C44H72N4O8. The molecule has 12 nitrogen and oxygen atoms in total. The highest BCUT2D eigenvalue weighted by Gasteiger charge is 2.72. The van der Waals surface area contributed by atoms with Gasteiger partial charge in [-0.25, -0.2) is 0 Å². The fraction of sp³-hybridized carbons (Fsp3) is 0.841. The quantitative estimate of drug-likeness (QED) is 0.0442. The van der Waals surface area contributed by atoms with Crippen molar-refractivity contribution in [1.29, 1.82) is 0 Å². The van der Waals surface area contributed by atoms with E-state index in [9.17, 15) is 29.4 Å². The average Bonchev–Trinajstić information content (AvgIpc) is 3.49. The molecule has 12 heteroatoms. The molecule has 6 rings (SSSR count). The van der Waals surface area contributed by atoms with Gasteiger partial charge in [0.15, 0.2) is 5.96 Å². The molecule has 56 heavy (non-hydrogen) atoms. The summed E-state index contributed by atoms with van der Waals surface area (Å²) >= 11 is 0. The van der Waals surface area contributed by atoms with Gasteiger partial charge in [-0.2, -0.15) is 0 Å². The van der Waals surface area contributed by atoms with Gasteiger partial charge < -0.3 is 37.3 Å². The number of rotatable bonds is 10. The number of hydrogen-bond donors (Lipinski definition) is 6. The van der Waals surface area contributed by atoms with Gasteiger partial charge in [0.25, 0.3) is 0 Å². The van der Waals surface area contributed by atoms with Crippen LogP contribution in [0.5, 0.6) is 0 Å². The Balaban J connectivity index is 0.000000433. The Kier molecular flexibility index (Phi) is 11.9. The number of aliphatic imine (C=N–C) groups is 1. The Bertz CT molecular complexity index is 1610. The number of allylic oxidation sites excluding steroid dienone is 1. The molecule has 6 saturated carbocycles. The molecule has 0 bridgehead atoms. The van der Waals surface area contributed by atoms with Crippen molar-refractivity contribution in [3.05, 3.63) is 12.2 Å². The van der Waals surface area contributed by atoms with Crippen molar-refractivity contribution in [3.8, 4) is 0 Å². The van der Waals surface area contributed by atoms with E-state index in [-0.39, 0.29) is 51.5 Å². The summed E-state index contributed by atoms with van der Waals surface area (Å²) in [7, 11) is 0. The van der Waals surface area contributed by atoms with Crippen LogP contribution in [0.3, 0.4) is 0 Å². The van der Waals surface area contributed by atoms with Crippen LogP contribution in [0.1, 0.15) is 139 Å². The average molecular weight is 785 g/mol. The second-order valence-corrected chi connectivity index (χ2v) is 20.8. The van der Waals surface area contributed by atoms with Gasteiger partial charge >= 0.3 is 23.9 Å². The third-order valence-electron chi connectivity index (χ3n) is 17.8. The molecule has 9 N–H and O–H groups in total. The fourth-order valence-electron chi connectivity index (χ4n) is 14.3. The third-order valence-corrected chi connectivity index (χ3v) is 17.8. The maximum atomic E-state index is 13.5. The number of ether oxygens (including phenoxy) is 1. The number of aliphatic carboxylic acids is 3. The summed E-state index contributed by atoms with van der Waals surface area (Å²) in [5, 5.41) is 28.6. The lowest BCUT2D eigenvalue weighted by atomic mass is 9.32. The first-order valence-corrected chi connectivity index (χ1v) is 21.2. The Hall–Kier alpha value is -3.15. The topological polar surface area (TPSA) is 229 Å². The molecule has 0 aromatic heterocycles. The summed E-state index contributed by atoms with van der Waals surface area (Å²) in [5.74, 6) is -1.58. The van der Waals surface area contributed by atoms with Crippen LogP contribution in [0.4, 0.5) is 0 Å². The zero-order valence-electron chi connectivity index (χ0n) is 35.4. The van der Waals surface area contributed by atoms with Crippen LogP contribution in [0.15, 0.2) is 17.1 Å². The lowest BCUT2D eigenvalue weighted by molar-refractivity contribution is -0.252. The SMILES string of the molecule is C=C(C)[C@@H]1CC[C@]2(C(=O)O)CC[C@]3(C)C(CCC4[C@@]5(C)CC[C@H](OC(=O)C6CC(C(=O)O)C6(C)C)C(C)(C)C5CC[C@]43C)C12.NC(N)=NCCC[C@H](N)C(=O)O. The van der Waals surface area contributed by atoms with Crippen molar-refractivity contribution in [3.63, 3.8) is 0 Å². The summed E-state index contributed by atoms with van der Waals surface area (Å²) < 4.78 is 6.35. The zero-order valence-corrected chi connectivity index (χ0v) is 35.4. The molecule has 0 heterocycles. The van der Waals surface area contributed by atoms with Crippen molar-refractivity contribution in [2.45, 2.75) is 151 Å². The molecule has 0 saturated heterocycles. The van der Waals surface area contributed by atoms with Gasteiger partial charge in [0, 0.05) is 12.0 Å². The van der Waals surface area contributed by atoms with E-state index in [1.165, 1.54) is 5.57 Å². The van der Waals surface area contributed by atoms with Gasteiger partial charge in [0.1, 0.15) is 12.1 Å². The van der Waals surface area contributed by atoms with Crippen molar-refractivity contribution in [2.75, 3.05) is 6.54 Å². The van der Waals surface area contributed by atoms with Crippen LogP contribution in [0.25, 0.3) is 0 Å². The molecule has 0 amide bonds. The summed E-state index contributed by atoms with van der Waals surface area (Å²) in [6.45, 7) is 23.0. The van der Waals surface area contributed by atoms with Crippen molar-refractivity contribution in [1.82, 2.24) is 0 Å². The van der Waals surface area contributed by atoms with E-state index in [2.05, 4.69) is 53.1 Å². The van der Waals surface area contributed by atoms with E-state index < -0.39 is 40.7 Å². The van der Waals surface area contributed by atoms with E-state index in [1.54, 1.807) is 0 Å². The Morgan fingerprint density at radius 2 is 1.46 bits per heavy atom. The smallest absolute Gasteiger partial charge is 0.320 e. The van der Waals surface area contributed by atoms with Crippen LogP contribution < -0.4 is 17.2 Å². The van der Waals surface area contributed by atoms with Crippen LogP contribution in [0, 0.1) is 73.9 Å². The normalized spacial score (nSPS) is 41.9. The Morgan fingerprint density at radius 3 is 2.02 bits per heavy atom. The lowest BCUT2D eigenvalue weighted by Crippen LogP contribution is -2.67. The molecule has 0 aromatic carbocycles. The number of guanidine groups is 1. The molecule has 6 unspecified atom stereocenters. The standard InChI is InChI=1S/C38H58O6.C6H14N4O2/c1-21(2)22-12-17-38(32(42)43)19-18-36(8)23(29(22)38)10-11-27-35(7)15-14-28(34(5,6)26(35)13-16-37(27,36)9)44-31(41)25-20-24(30(39)40)33(25,3)4;7-4(5(11)12)2-1-3-10-6(8)9/h22-29H,1,10-20H2,2-9H3,(H,39,40)(H,42,43);4H,1-3,7H2,(H,11,12)(H4,8,9,10)/t22-,23?,24?,25?,26?,27?,28-,29?,35-,36+,37+,38-;4-/m00/s1. The van der Waals surface area contributed by atoms with Crippen LogP contribution >= 0.6 is 0 Å². The number of carboxylic acids is 3. The monoisotopic (exact) mass is 785 g/mol. The number of fused-ring (bicyclic) bond motifs is 7. The van der Waals surface area contributed by atoms with Crippen LogP contribution in [0.2, 0.25) is 0 Å². The van der Waals surface area contributed by atoms with Crippen molar-refractivity contribution < 1.29 is 39.2 Å². The first-order chi connectivity index (χ1) is 25.8. The van der Waals surface area contributed by atoms with Gasteiger partial charge in [0.05, 0.1) is 17.3 Å². The van der Waals surface area contributed by atoms with Crippen LogP contribution in [-0.4, -0.2) is 63.8 Å². The number of nitrogens with zero attached hydrogens (tertiary/aromatic N) is 1. The second kappa shape index (κ2) is 15.2. The van der Waals surface area contributed by atoms with E-state index in [0.717, 1.165) is 64.2 Å². The van der Waals surface area contributed by atoms with Crippen molar-refractivity contribution in [2.24, 2.45) is 96.1 Å².